The molecule has 1 spiro atoms. The van der Waals surface area contributed by atoms with Crippen molar-refractivity contribution in [2.24, 2.45) is 63.6 Å². The van der Waals surface area contributed by atoms with E-state index in [4.69, 9.17) is 4.74 Å². The molecule has 9 heteroatoms. The lowest BCUT2D eigenvalue weighted by molar-refractivity contribution is -0.352. The predicted octanol–water partition coefficient (Wildman–Crippen LogP) is 4.61. The van der Waals surface area contributed by atoms with Crippen molar-refractivity contribution in [1.29, 1.82) is 0 Å². The van der Waals surface area contributed by atoms with Crippen LogP contribution >= 0.6 is 0 Å². The van der Waals surface area contributed by atoms with Crippen molar-refractivity contribution < 1.29 is 34.8 Å². The SMILES string of the molecule is CNCCNCC1=C[C@@H]2C[C@@]3(O)[C@](C)(CC[C@H]4[C@@]3(O)C[C@@H]3C[C@@H]([C@@H](C)C5CCCC5)CC[C@H]5[C@@H](O)C6(CCCC6)C[C@@]4(C=O)[C@]35O)[C@H]2C2=CC(=O)O[C@@H]12. The summed E-state index contributed by atoms with van der Waals surface area (Å²) in [5.74, 6) is -0.724. The van der Waals surface area contributed by atoms with Gasteiger partial charge in [-0.1, -0.05) is 58.4 Å². The van der Waals surface area contributed by atoms with Crippen molar-refractivity contribution in [2.45, 2.75) is 146 Å². The third-order valence-corrected chi connectivity index (χ3v) is 18.6. The zero-order valence-electron chi connectivity index (χ0n) is 32.5. The highest BCUT2D eigenvalue weighted by atomic mass is 16.5. The number of hydrogen-bond donors (Lipinski definition) is 6. The summed E-state index contributed by atoms with van der Waals surface area (Å²) >= 11 is 0. The molecule has 8 aliphatic carbocycles. The lowest BCUT2D eigenvalue weighted by Crippen LogP contribution is -2.82. The summed E-state index contributed by atoms with van der Waals surface area (Å²) in [6.45, 7) is 6.65. The third-order valence-electron chi connectivity index (χ3n) is 18.6. The Kier molecular flexibility index (Phi) is 8.86. The van der Waals surface area contributed by atoms with E-state index in [1.54, 1.807) is 6.08 Å². The van der Waals surface area contributed by atoms with Gasteiger partial charge in [-0.05, 0) is 123 Å². The molecule has 9 aliphatic rings. The number of aliphatic hydroxyl groups is 4. The molecule has 0 saturated heterocycles. The van der Waals surface area contributed by atoms with Gasteiger partial charge in [0.15, 0.2) is 0 Å². The van der Waals surface area contributed by atoms with Crippen LogP contribution in [0.1, 0.15) is 117 Å². The molecule has 9 rings (SSSR count). The van der Waals surface area contributed by atoms with Gasteiger partial charge in [0, 0.05) is 43.0 Å². The number of likely N-dealkylation sites (N-methyl/N-ethyl adjacent to an activating group) is 1. The molecule has 14 atom stereocenters. The van der Waals surface area contributed by atoms with E-state index >= 15 is 0 Å². The number of allylic oxidation sites excluding steroid dienone is 1. The number of aldehydes is 1. The van der Waals surface area contributed by atoms with Crippen molar-refractivity contribution in [2.75, 3.05) is 26.7 Å². The lowest BCUT2D eigenvalue weighted by Gasteiger charge is -2.73. The molecule has 0 aromatic heterocycles. The Bertz CT molecular complexity index is 1550. The van der Waals surface area contributed by atoms with E-state index < -0.39 is 63.0 Å². The molecule has 6 N–H and O–H groups in total. The summed E-state index contributed by atoms with van der Waals surface area (Å²) in [6.07, 6.45) is 16.7. The molecule has 0 radical (unpaired) electrons. The fourth-order valence-corrected chi connectivity index (χ4v) is 16.2. The Hall–Kier alpha value is -1.62. The highest BCUT2D eigenvalue weighted by molar-refractivity contribution is 5.87. The normalized spacial score (nSPS) is 50.2. The summed E-state index contributed by atoms with van der Waals surface area (Å²) in [5, 5.41) is 60.3. The van der Waals surface area contributed by atoms with Gasteiger partial charge in [0.2, 0.25) is 0 Å². The molecule has 7 saturated carbocycles. The van der Waals surface area contributed by atoms with Crippen molar-refractivity contribution in [3.63, 3.8) is 0 Å². The molecule has 9 nitrogen and oxygen atoms in total. The molecule has 7 fully saturated rings. The molecular formula is C44H66N2O7. The van der Waals surface area contributed by atoms with E-state index in [2.05, 4.69) is 30.6 Å². The molecule has 0 unspecified atom stereocenters. The van der Waals surface area contributed by atoms with Crippen molar-refractivity contribution in [1.82, 2.24) is 10.6 Å². The Morgan fingerprint density at radius 2 is 1.74 bits per heavy atom. The van der Waals surface area contributed by atoms with Crippen LogP contribution in [0, 0.1) is 63.6 Å². The molecule has 0 aromatic rings. The first-order chi connectivity index (χ1) is 25.3. The quantitative estimate of drug-likeness (QED) is 0.0911. The van der Waals surface area contributed by atoms with Gasteiger partial charge in [0.1, 0.15) is 18.0 Å². The number of aliphatic hydroxyl groups excluding tert-OH is 1. The average Bonchev–Trinajstić information content (AvgIpc) is 3.93. The predicted molar refractivity (Wildman–Crippen MR) is 200 cm³/mol. The number of esters is 1. The Morgan fingerprint density at radius 1 is 0.981 bits per heavy atom. The largest absolute Gasteiger partial charge is 0.450 e. The number of hydrogen-bond acceptors (Lipinski definition) is 9. The first-order valence-electron chi connectivity index (χ1n) is 21.6. The summed E-state index contributed by atoms with van der Waals surface area (Å²) < 4.78 is 5.95. The second-order valence-electron chi connectivity index (χ2n) is 20.3. The van der Waals surface area contributed by atoms with Gasteiger partial charge in [0.25, 0.3) is 0 Å². The van der Waals surface area contributed by atoms with E-state index in [0.717, 1.165) is 62.6 Å². The van der Waals surface area contributed by atoms with Crippen LogP contribution in [0.3, 0.4) is 0 Å². The zero-order chi connectivity index (χ0) is 37.2. The molecule has 294 valence electrons. The molecule has 1 heterocycles. The van der Waals surface area contributed by atoms with Crippen molar-refractivity contribution >= 4 is 12.3 Å². The van der Waals surface area contributed by atoms with E-state index in [-0.39, 0.29) is 24.2 Å². The van der Waals surface area contributed by atoms with Gasteiger partial charge < -0.3 is 40.6 Å². The maximum Gasteiger partial charge on any atom is 0.331 e. The van der Waals surface area contributed by atoms with Crippen LogP contribution in [-0.2, 0) is 14.3 Å². The highest BCUT2D eigenvalue weighted by Gasteiger charge is 2.83. The number of ether oxygens (including phenoxy) is 1. The Morgan fingerprint density at radius 3 is 2.45 bits per heavy atom. The minimum Gasteiger partial charge on any atom is -0.450 e. The summed E-state index contributed by atoms with van der Waals surface area (Å²) in [6, 6.07) is 0. The highest BCUT2D eigenvalue weighted by Crippen LogP contribution is 2.78. The van der Waals surface area contributed by atoms with Crippen LogP contribution in [0.25, 0.3) is 0 Å². The summed E-state index contributed by atoms with van der Waals surface area (Å²) in [5.41, 5.74) is -5.26. The second kappa shape index (κ2) is 12.7. The van der Waals surface area contributed by atoms with Crippen LogP contribution in [0.5, 0.6) is 0 Å². The Labute approximate surface area is 316 Å². The fraction of sp³-hybridized carbons (Fsp3) is 0.864. The molecular weight excluding hydrogens is 668 g/mol. The van der Waals surface area contributed by atoms with E-state index in [0.29, 0.717) is 62.8 Å². The van der Waals surface area contributed by atoms with Crippen LogP contribution in [-0.4, -0.2) is 88.4 Å². The molecule has 0 bridgehead atoms. The number of fused-ring (bicyclic) bond motifs is 8. The van der Waals surface area contributed by atoms with Gasteiger partial charge in [-0.2, -0.15) is 0 Å². The summed E-state index contributed by atoms with van der Waals surface area (Å²) in [4.78, 5) is 27.3. The molecule has 0 amide bonds. The first-order valence-corrected chi connectivity index (χ1v) is 21.6. The molecule has 0 aromatic carbocycles. The van der Waals surface area contributed by atoms with Crippen molar-refractivity contribution in [3.8, 4) is 0 Å². The minimum absolute atomic E-state index is 0.106. The van der Waals surface area contributed by atoms with E-state index in [1.807, 2.05) is 7.05 Å². The van der Waals surface area contributed by atoms with Gasteiger partial charge >= 0.3 is 5.97 Å². The van der Waals surface area contributed by atoms with Gasteiger partial charge in [-0.25, -0.2) is 4.79 Å². The minimum atomic E-state index is -1.63. The number of nitrogens with one attached hydrogen (secondary N) is 2. The molecule has 53 heavy (non-hydrogen) atoms. The van der Waals surface area contributed by atoms with Gasteiger partial charge in [-0.15, -0.1) is 0 Å². The topological polar surface area (TPSA) is 148 Å². The van der Waals surface area contributed by atoms with Gasteiger partial charge in [-0.3, -0.25) is 0 Å². The average molecular weight is 735 g/mol. The first kappa shape index (κ1) is 37.0. The molecule has 1 aliphatic heterocycles. The second-order valence-corrected chi connectivity index (χ2v) is 20.3. The van der Waals surface area contributed by atoms with Crippen LogP contribution in [0.2, 0.25) is 0 Å². The van der Waals surface area contributed by atoms with Crippen LogP contribution in [0.15, 0.2) is 23.3 Å². The zero-order valence-corrected chi connectivity index (χ0v) is 32.5. The number of carbonyl (C=O) groups excluding carboxylic acids is 2. The number of rotatable bonds is 8. The third kappa shape index (κ3) is 4.76. The smallest absolute Gasteiger partial charge is 0.331 e. The van der Waals surface area contributed by atoms with Crippen LogP contribution < -0.4 is 10.6 Å². The monoisotopic (exact) mass is 734 g/mol. The maximum absolute atomic E-state index is 14.3. The van der Waals surface area contributed by atoms with Crippen LogP contribution in [0.4, 0.5) is 0 Å². The Balaban J connectivity index is 1.16. The standard InChI is InChI=1S/C44H66N2O7/c1-26(27-8-4-5-9-27)28-10-11-33-38(49)40(13-6-7-14-40)24-41(25-47)34-12-15-39(2)36-29(21-43(39,51)42(34,50)22-31(19-28)44(33,41)52)18-30(23-46-17-16-45-3)37-32(36)20-35(48)53-37/h18,20,25-29,31,33-34,36-38,45-46,49-52H,4-17,19,21-24H2,1-3H3/t26-,28-,29+,31-,33-,34+,36+,37-,38+,39+,41-,42-,43+,44-/m0/s1. The lowest BCUT2D eigenvalue weighted by atomic mass is 9.34. The van der Waals surface area contributed by atoms with Crippen molar-refractivity contribution in [3.05, 3.63) is 23.3 Å². The number of carbonyl (C=O) groups is 2. The maximum atomic E-state index is 14.3. The van der Waals surface area contributed by atoms with E-state index in [1.165, 1.54) is 25.7 Å². The summed E-state index contributed by atoms with van der Waals surface area (Å²) in [7, 11) is 1.92. The van der Waals surface area contributed by atoms with E-state index in [9.17, 15) is 30.0 Å². The fourth-order valence-electron chi connectivity index (χ4n) is 16.2. The van der Waals surface area contributed by atoms with Gasteiger partial charge in [0.05, 0.1) is 22.7 Å².